The highest BCUT2D eigenvalue weighted by Crippen LogP contribution is 2.24. The molecule has 0 bridgehead atoms. The molecular weight excluding hydrogens is 717 g/mol. The van der Waals surface area contributed by atoms with Gasteiger partial charge in [-0.2, -0.15) is 8.42 Å². The second kappa shape index (κ2) is 32.7. The van der Waals surface area contributed by atoms with Gasteiger partial charge in [-0.3, -0.25) is 14.1 Å². The lowest BCUT2D eigenvalue weighted by Crippen LogP contribution is -2.60. The third-order valence-corrected chi connectivity index (χ3v) is 10.9. The molecule has 1 rings (SSSR count). The zero-order valence-electron chi connectivity index (χ0n) is 33.8. The van der Waals surface area contributed by atoms with E-state index in [9.17, 15) is 37.9 Å². The first-order valence-electron chi connectivity index (χ1n) is 21.6. The van der Waals surface area contributed by atoms with Crippen LogP contribution < -0.4 is 0 Å². The standard InChI is InChI=1S/C41H78O12S/c1-3-5-7-9-11-13-15-16-17-18-20-22-24-26-28-30-37(43)52-34(31-50-36(42)29-27-25-23-21-19-14-12-10-8-6-4-2)32-51-41-40(46)39(45)38(44)35(53-41)33-54(47,48)49/h34-35,38-41,44-46H,3-33H2,1-2H3,(H,47,48,49). The minimum Gasteiger partial charge on any atom is -0.462 e. The lowest BCUT2D eigenvalue weighted by Gasteiger charge is -2.40. The molecule has 0 amide bonds. The van der Waals surface area contributed by atoms with Crippen molar-refractivity contribution in [3.63, 3.8) is 0 Å². The maximum Gasteiger partial charge on any atom is 0.306 e. The fraction of sp³-hybridized carbons (Fsp3) is 0.951. The van der Waals surface area contributed by atoms with Crippen LogP contribution in [-0.2, 0) is 38.7 Å². The number of aliphatic hydroxyl groups is 3. The molecular formula is C41H78O12S. The average molecular weight is 795 g/mol. The molecule has 54 heavy (non-hydrogen) atoms. The van der Waals surface area contributed by atoms with Crippen molar-refractivity contribution in [3.8, 4) is 0 Å². The number of carbonyl (C=O) groups excluding carboxylic acids is 2. The Morgan fingerprint density at radius 3 is 1.35 bits per heavy atom. The lowest BCUT2D eigenvalue weighted by atomic mass is 10.00. The third-order valence-electron chi connectivity index (χ3n) is 10.2. The average Bonchev–Trinajstić information content (AvgIpc) is 3.13. The quantitative estimate of drug-likeness (QED) is 0.0272. The maximum absolute atomic E-state index is 12.8. The first-order valence-corrected chi connectivity index (χ1v) is 23.2. The van der Waals surface area contributed by atoms with Gasteiger partial charge in [-0.15, -0.1) is 0 Å². The molecule has 320 valence electrons. The van der Waals surface area contributed by atoms with Crippen molar-refractivity contribution >= 4 is 22.1 Å². The summed E-state index contributed by atoms with van der Waals surface area (Å²) >= 11 is 0. The zero-order valence-corrected chi connectivity index (χ0v) is 34.7. The van der Waals surface area contributed by atoms with Gasteiger partial charge in [0.15, 0.2) is 12.4 Å². The highest BCUT2D eigenvalue weighted by molar-refractivity contribution is 7.85. The molecule has 12 nitrogen and oxygen atoms in total. The van der Waals surface area contributed by atoms with Crippen molar-refractivity contribution in [2.24, 2.45) is 0 Å². The van der Waals surface area contributed by atoms with Gasteiger partial charge in [-0.25, -0.2) is 0 Å². The molecule has 13 heteroatoms. The molecule has 1 heterocycles. The molecule has 0 aliphatic carbocycles. The van der Waals surface area contributed by atoms with Crippen LogP contribution in [0.3, 0.4) is 0 Å². The summed E-state index contributed by atoms with van der Waals surface area (Å²) in [7, 11) is -4.59. The molecule has 0 radical (unpaired) electrons. The summed E-state index contributed by atoms with van der Waals surface area (Å²) in [6.45, 7) is 3.76. The molecule has 0 spiro atoms. The van der Waals surface area contributed by atoms with Crippen LogP contribution in [0, 0.1) is 0 Å². The highest BCUT2D eigenvalue weighted by Gasteiger charge is 2.46. The van der Waals surface area contributed by atoms with Crippen molar-refractivity contribution in [2.75, 3.05) is 19.0 Å². The Balaban J connectivity index is 2.46. The Labute approximate surface area is 327 Å². The monoisotopic (exact) mass is 795 g/mol. The van der Waals surface area contributed by atoms with Crippen LogP contribution in [0.4, 0.5) is 0 Å². The van der Waals surface area contributed by atoms with E-state index < -0.39 is 71.2 Å². The zero-order chi connectivity index (χ0) is 39.9. The molecule has 6 unspecified atom stereocenters. The predicted octanol–water partition coefficient (Wildman–Crippen LogP) is 8.12. The Kier molecular flexibility index (Phi) is 30.7. The topological polar surface area (TPSA) is 186 Å². The Bertz CT molecular complexity index is 1030. The van der Waals surface area contributed by atoms with Crippen molar-refractivity contribution in [2.45, 2.75) is 230 Å². The first kappa shape index (κ1) is 50.7. The molecule has 4 N–H and O–H groups in total. The summed E-state index contributed by atoms with van der Waals surface area (Å²) < 4.78 is 53.9. The summed E-state index contributed by atoms with van der Waals surface area (Å²) in [5, 5.41) is 30.8. The molecule has 6 atom stereocenters. The van der Waals surface area contributed by atoms with Gasteiger partial charge in [0.1, 0.15) is 36.8 Å². The summed E-state index contributed by atoms with van der Waals surface area (Å²) in [6.07, 6.45) is 21.5. The lowest BCUT2D eigenvalue weighted by molar-refractivity contribution is -0.297. The normalized spacial score (nSPS) is 20.9. The van der Waals surface area contributed by atoms with Gasteiger partial charge in [0.25, 0.3) is 10.1 Å². The van der Waals surface area contributed by atoms with Crippen molar-refractivity contribution in [1.82, 2.24) is 0 Å². The number of rotatable bonds is 36. The number of unbranched alkanes of at least 4 members (excludes halogenated alkanes) is 24. The predicted molar refractivity (Wildman–Crippen MR) is 211 cm³/mol. The molecule has 0 aromatic heterocycles. The van der Waals surface area contributed by atoms with E-state index in [0.717, 1.165) is 38.5 Å². The van der Waals surface area contributed by atoms with E-state index in [1.54, 1.807) is 0 Å². The van der Waals surface area contributed by atoms with E-state index in [4.69, 9.17) is 18.9 Å². The molecule has 1 aliphatic rings. The first-order chi connectivity index (χ1) is 26.0. The van der Waals surface area contributed by atoms with E-state index in [2.05, 4.69) is 13.8 Å². The minimum absolute atomic E-state index is 0.172. The van der Waals surface area contributed by atoms with E-state index >= 15 is 0 Å². The molecule has 0 saturated carbocycles. The molecule has 0 aromatic carbocycles. The third kappa shape index (κ3) is 27.3. The van der Waals surface area contributed by atoms with Crippen molar-refractivity contribution in [3.05, 3.63) is 0 Å². The van der Waals surface area contributed by atoms with Crippen molar-refractivity contribution in [1.29, 1.82) is 0 Å². The summed E-state index contributed by atoms with van der Waals surface area (Å²) in [4.78, 5) is 25.3. The van der Waals surface area contributed by atoms with Gasteiger partial charge in [-0.1, -0.05) is 168 Å². The van der Waals surface area contributed by atoms with Crippen LogP contribution in [-0.4, -0.2) is 96.0 Å². The Morgan fingerprint density at radius 1 is 0.556 bits per heavy atom. The van der Waals surface area contributed by atoms with E-state index in [-0.39, 0.29) is 19.4 Å². The Morgan fingerprint density at radius 2 is 0.944 bits per heavy atom. The largest absolute Gasteiger partial charge is 0.462 e. The van der Waals surface area contributed by atoms with Gasteiger partial charge in [0.05, 0.1) is 6.61 Å². The second-order valence-corrected chi connectivity index (χ2v) is 16.9. The Hall–Kier alpha value is -1.35. The number of hydrogen-bond donors (Lipinski definition) is 4. The van der Waals surface area contributed by atoms with Crippen molar-refractivity contribution < 1.29 is 56.8 Å². The van der Waals surface area contributed by atoms with Gasteiger partial charge >= 0.3 is 11.9 Å². The van der Waals surface area contributed by atoms with Crippen LogP contribution in [0.1, 0.15) is 194 Å². The van der Waals surface area contributed by atoms with Crippen LogP contribution in [0.5, 0.6) is 0 Å². The smallest absolute Gasteiger partial charge is 0.306 e. The van der Waals surface area contributed by atoms with E-state index in [1.165, 1.54) is 116 Å². The van der Waals surface area contributed by atoms with Crippen LogP contribution in [0.2, 0.25) is 0 Å². The molecule has 1 saturated heterocycles. The van der Waals surface area contributed by atoms with E-state index in [0.29, 0.717) is 12.8 Å². The fourth-order valence-corrected chi connectivity index (χ4v) is 7.49. The molecule has 1 aliphatic heterocycles. The summed E-state index contributed by atoms with van der Waals surface area (Å²) in [5.41, 5.74) is 0. The fourth-order valence-electron chi connectivity index (χ4n) is 6.79. The number of esters is 2. The number of ether oxygens (including phenoxy) is 4. The van der Waals surface area contributed by atoms with Gasteiger partial charge < -0.3 is 34.3 Å². The number of hydrogen-bond acceptors (Lipinski definition) is 11. The number of aliphatic hydroxyl groups excluding tert-OH is 3. The summed E-state index contributed by atoms with van der Waals surface area (Å²) in [6, 6.07) is 0. The van der Waals surface area contributed by atoms with Gasteiger partial charge in [-0.05, 0) is 12.8 Å². The highest BCUT2D eigenvalue weighted by atomic mass is 32.2. The minimum atomic E-state index is -4.59. The van der Waals surface area contributed by atoms with Gasteiger partial charge in [0.2, 0.25) is 0 Å². The number of carbonyl (C=O) groups is 2. The van der Waals surface area contributed by atoms with Crippen LogP contribution >= 0.6 is 0 Å². The summed E-state index contributed by atoms with van der Waals surface area (Å²) in [5.74, 6) is -1.97. The van der Waals surface area contributed by atoms with Gasteiger partial charge in [0, 0.05) is 12.8 Å². The SMILES string of the molecule is CCCCCCCCCCCCCCCCCC(=O)OC(COC(=O)CCCCCCCCCCCCC)COC1OC(CS(=O)(=O)O)C(O)C(O)C1O. The van der Waals surface area contributed by atoms with Crippen LogP contribution in [0.15, 0.2) is 0 Å². The van der Waals surface area contributed by atoms with Crippen LogP contribution in [0.25, 0.3) is 0 Å². The van der Waals surface area contributed by atoms with E-state index in [1.807, 2.05) is 0 Å². The maximum atomic E-state index is 12.8. The molecule has 0 aromatic rings. The molecule has 1 fully saturated rings. The second-order valence-electron chi connectivity index (χ2n) is 15.4.